The summed E-state index contributed by atoms with van der Waals surface area (Å²) in [5, 5.41) is 22.2. The standard InChI is InChI=1S/C28H37NO7/c1-5-33-20-10-8-18(9-11-20)22(29-12-14-32-15-13-29)21-16-19(7-6-17(21)2)23(30)25-24(31)26-27(34-25)36-28(3,4)35-26/h6-11,16,22-27,30-31H,5,12-15H2,1-4H3/t22?,23?,24-,25+,26+,27+/m1/s1. The Hall–Kier alpha value is -2.04. The Bertz CT molecular complexity index is 1040. The second-order valence-corrected chi connectivity index (χ2v) is 10.2. The van der Waals surface area contributed by atoms with E-state index < -0.39 is 36.5 Å². The largest absolute Gasteiger partial charge is 0.494 e. The molecule has 2 N–H and O–H groups in total. The van der Waals surface area contributed by atoms with Gasteiger partial charge in [-0.3, -0.25) is 4.90 Å². The predicted molar refractivity (Wildman–Crippen MR) is 133 cm³/mol. The lowest BCUT2D eigenvalue weighted by Crippen LogP contribution is -2.40. The van der Waals surface area contributed by atoms with Crippen LogP contribution in [0.4, 0.5) is 0 Å². The van der Waals surface area contributed by atoms with Gasteiger partial charge in [0.05, 0.1) is 25.9 Å². The van der Waals surface area contributed by atoms with Gasteiger partial charge >= 0.3 is 0 Å². The molecule has 2 aromatic rings. The molecule has 6 atom stereocenters. The second-order valence-electron chi connectivity index (χ2n) is 10.2. The van der Waals surface area contributed by atoms with Crippen molar-refractivity contribution < 1.29 is 33.9 Å². The Balaban J connectivity index is 1.44. The van der Waals surface area contributed by atoms with Gasteiger partial charge in [0.1, 0.15) is 30.2 Å². The molecule has 0 radical (unpaired) electrons. The smallest absolute Gasteiger partial charge is 0.190 e. The van der Waals surface area contributed by atoms with E-state index in [2.05, 4.69) is 24.0 Å². The van der Waals surface area contributed by atoms with E-state index in [1.54, 1.807) is 13.8 Å². The van der Waals surface area contributed by atoms with Crippen LogP contribution < -0.4 is 4.74 Å². The molecule has 2 aromatic carbocycles. The number of fused-ring (bicyclic) bond motifs is 1. The van der Waals surface area contributed by atoms with Crippen LogP contribution in [0.25, 0.3) is 0 Å². The molecule has 0 saturated carbocycles. The van der Waals surface area contributed by atoms with E-state index in [1.165, 1.54) is 0 Å². The fourth-order valence-corrected chi connectivity index (χ4v) is 5.44. The third-order valence-electron chi connectivity index (χ3n) is 7.22. The van der Waals surface area contributed by atoms with Gasteiger partial charge in [-0.25, -0.2) is 0 Å². The molecular weight excluding hydrogens is 462 g/mol. The lowest BCUT2D eigenvalue weighted by Gasteiger charge is -2.36. The molecular formula is C28H37NO7. The van der Waals surface area contributed by atoms with Gasteiger partial charge in [-0.05, 0) is 62.1 Å². The van der Waals surface area contributed by atoms with Gasteiger partial charge in [0.2, 0.25) is 0 Å². The highest BCUT2D eigenvalue weighted by atomic mass is 16.8. The van der Waals surface area contributed by atoms with Gasteiger partial charge < -0.3 is 33.9 Å². The Labute approximate surface area is 212 Å². The molecule has 3 fully saturated rings. The summed E-state index contributed by atoms with van der Waals surface area (Å²) in [6.07, 6.45) is -4.22. The summed E-state index contributed by atoms with van der Waals surface area (Å²) < 4.78 is 28.8. The van der Waals surface area contributed by atoms with Crippen LogP contribution in [-0.2, 0) is 18.9 Å². The van der Waals surface area contributed by atoms with Crippen molar-refractivity contribution in [2.24, 2.45) is 0 Å². The number of aryl methyl sites for hydroxylation is 1. The van der Waals surface area contributed by atoms with Crippen LogP contribution in [0.15, 0.2) is 42.5 Å². The van der Waals surface area contributed by atoms with Gasteiger partial charge in [0, 0.05) is 13.1 Å². The molecule has 3 heterocycles. The fourth-order valence-electron chi connectivity index (χ4n) is 5.44. The molecule has 2 unspecified atom stereocenters. The third-order valence-corrected chi connectivity index (χ3v) is 7.22. The molecule has 196 valence electrons. The first-order chi connectivity index (χ1) is 17.3. The zero-order chi connectivity index (χ0) is 25.4. The lowest BCUT2D eigenvalue weighted by atomic mass is 9.89. The molecule has 0 spiro atoms. The molecule has 8 nitrogen and oxygen atoms in total. The van der Waals surface area contributed by atoms with E-state index in [0.717, 1.165) is 35.5 Å². The summed E-state index contributed by atoms with van der Waals surface area (Å²) in [6.45, 7) is 11.2. The van der Waals surface area contributed by atoms with Gasteiger partial charge in [-0.1, -0.05) is 30.3 Å². The first-order valence-corrected chi connectivity index (χ1v) is 12.8. The minimum Gasteiger partial charge on any atom is -0.494 e. The molecule has 0 aromatic heterocycles. The van der Waals surface area contributed by atoms with E-state index in [9.17, 15) is 10.2 Å². The zero-order valence-corrected chi connectivity index (χ0v) is 21.4. The van der Waals surface area contributed by atoms with Crippen molar-refractivity contribution in [3.8, 4) is 5.75 Å². The average molecular weight is 500 g/mol. The number of benzene rings is 2. The summed E-state index contributed by atoms with van der Waals surface area (Å²) in [7, 11) is 0. The van der Waals surface area contributed by atoms with Crippen LogP contribution in [0.1, 0.15) is 55.2 Å². The first-order valence-electron chi connectivity index (χ1n) is 12.8. The van der Waals surface area contributed by atoms with Crippen molar-refractivity contribution in [2.45, 2.75) is 70.2 Å². The van der Waals surface area contributed by atoms with Crippen LogP contribution in [0.2, 0.25) is 0 Å². The van der Waals surface area contributed by atoms with E-state index in [0.29, 0.717) is 25.4 Å². The number of morpholine rings is 1. The number of hydrogen-bond acceptors (Lipinski definition) is 8. The maximum Gasteiger partial charge on any atom is 0.190 e. The number of rotatable bonds is 7. The number of aliphatic hydroxyl groups is 2. The summed E-state index contributed by atoms with van der Waals surface area (Å²) in [6, 6.07) is 14.2. The van der Waals surface area contributed by atoms with Crippen molar-refractivity contribution >= 4 is 0 Å². The van der Waals surface area contributed by atoms with Crippen molar-refractivity contribution in [2.75, 3.05) is 32.9 Å². The maximum atomic E-state index is 11.3. The zero-order valence-electron chi connectivity index (χ0n) is 21.4. The van der Waals surface area contributed by atoms with E-state index in [1.807, 2.05) is 37.3 Å². The van der Waals surface area contributed by atoms with Crippen molar-refractivity contribution in [3.05, 3.63) is 64.7 Å². The number of ether oxygens (including phenoxy) is 5. The maximum absolute atomic E-state index is 11.3. The van der Waals surface area contributed by atoms with E-state index in [-0.39, 0.29) is 6.04 Å². The highest BCUT2D eigenvalue weighted by Crippen LogP contribution is 2.42. The van der Waals surface area contributed by atoms with Crippen LogP contribution in [0.3, 0.4) is 0 Å². The SMILES string of the molecule is CCOc1ccc(C(c2cc(C(O)[C@@H]3O[C@H]4OC(C)(C)O[C@H]4[C@@H]3O)ccc2C)N2CCOCC2)cc1. The van der Waals surface area contributed by atoms with Gasteiger partial charge in [0.25, 0.3) is 0 Å². The number of nitrogens with zero attached hydrogens (tertiary/aromatic N) is 1. The molecule has 3 saturated heterocycles. The monoisotopic (exact) mass is 499 g/mol. The van der Waals surface area contributed by atoms with Crippen molar-refractivity contribution in [3.63, 3.8) is 0 Å². The highest BCUT2D eigenvalue weighted by Gasteiger charge is 2.56. The molecule has 0 bridgehead atoms. The van der Waals surface area contributed by atoms with Crippen LogP contribution in [0.5, 0.6) is 5.75 Å². The minimum atomic E-state index is -1.04. The third kappa shape index (κ3) is 5.04. The Morgan fingerprint density at radius 2 is 1.75 bits per heavy atom. The van der Waals surface area contributed by atoms with Crippen LogP contribution in [-0.4, -0.2) is 78.4 Å². The van der Waals surface area contributed by atoms with E-state index >= 15 is 0 Å². The molecule has 3 aliphatic rings. The first kappa shape index (κ1) is 25.6. The summed E-state index contributed by atoms with van der Waals surface area (Å²) in [4.78, 5) is 2.41. The summed E-state index contributed by atoms with van der Waals surface area (Å²) in [5.41, 5.74) is 4.04. The summed E-state index contributed by atoms with van der Waals surface area (Å²) in [5.74, 6) is 0.0141. The Morgan fingerprint density at radius 3 is 2.42 bits per heavy atom. The highest BCUT2D eigenvalue weighted by molar-refractivity contribution is 5.42. The normalized spacial score (nSPS) is 29.6. The molecule has 8 heteroatoms. The van der Waals surface area contributed by atoms with Crippen LogP contribution >= 0.6 is 0 Å². The molecule has 0 aliphatic carbocycles. The number of aliphatic hydroxyl groups excluding tert-OH is 2. The Kier molecular flexibility index (Phi) is 7.38. The molecule has 3 aliphatic heterocycles. The molecule has 0 amide bonds. The average Bonchev–Trinajstić information content (AvgIpc) is 3.33. The summed E-state index contributed by atoms with van der Waals surface area (Å²) >= 11 is 0. The fraction of sp³-hybridized carbons (Fsp3) is 0.571. The Morgan fingerprint density at radius 1 is 1.06 bits per heavy atom. The van der Waals surface area contributed by atoms with E-state index in [4.69, 9.17) is 23.7 Å². The van der Waals surface area contributed by atoms with Crippen LogP contribution in [0, 0.1) is 6.92 Å². The van der Waals surface area contributed by atoms with Gasteiger partial charge in [-0.2, -0.15) is 0 Å². The van der Waals surface area contributed by atoms with Crippen molar-refractivity contribution in [1.29, 1.82) is 0 Å². The second kappa shape index (κ2) is 10.4. The number of hydrogen-bond donors (Lipinski definition) is 2. The van der Waals surface area contributed by atoms with Gasteiger partial charge in [-0.15, -0.1) is 0 Å². The topological polar surface area (TPSA) is 89.9 Å². The molecule has 5 rings (SSSR count). The van der Waals surface area contributed by atoms with Gasteiger partial charge in [0.15, 0.2) is 12.1 Å². The lowest BCUT2D eigenvalue weighted by molar-refractivity contribution is -0.226. The molecule has 36 heavy (non-hydrogen) atoms. The van der Waals surface area contributed by atoms with Crippen molar-refractivity contribution in [1.82, 2.24) is 4.90 Å². The quantitative estimate of drug-likeness (QED) is 0.601. The minimum absolute atomic E-state index is 0.0157. The predicted octanol–water partition coefficient (Wildman–Crippen LogP) is 3.09.